The molecular weight excluding hydrogens is 348 g/mol. The second-order valence-electron chi connectivity index (χ2n) is 6.93. The second-order valence-corrected chi connectivity index (χ2v) is 6.93. The summed E-state index contributed by atoms with van der Waals surface area (Å²) < 4.78 is 10.9. The first-order chi connectivity index (χ1) is 12.9. The standard InChI is InChI=1S/C20H28N2O5/c1-4-11-26-18(23)12-16-19(24)21-9-10-22(16)20(25)15-7-5-6-8-17(15)27-13-14(2)3/h5-8,14,16H,4,9-13H2,1-3H3,(H,21,24)/t16-/m1/s1. The average Bonchev–Trinajstić information content (AvgIpc) is 2.66. The summed E-state index contributed by atoms with van der Waals surface area (Å²) in [7, 11) is 0. The summed E-state index contributed by atoms with van der Waals surface area (Å²) in [5.41, 5.74) is 0.389. The number of nitrogens with zero attached hydrogens (tertiary/aromatic N) is 1. The van der Waals surface area contributed by atoms with Crippen LogP contribution in [0.2, 0.25) is 0 Å². The van der Waals surface area contributed by atoms with Crippen LogP contribution in [0.15, 0.2) is 24.3 Å². The number of carbonyl (C=O) groups is 3. The van der Waals surface area contributed by atoms with E-state index >= 15 is 0 Å². The number of amides is 2. The molecule has 0 radical (unpaired) electrons. The highest BCUT2D eigenvalue weighted by Crippen LogP contribution is 2.23. The van der Waals surface area contributed by atoms with Crippen LogP contribution in [0.5, 0.6) is 5.75 Å². The lowest BCUT2D eigenvalue weighted by Crippen LogP contribution is -2.57. The summed E-state index contributed by atoms with van der Waals surface area (Å²) in [5, 5.41) is 2.71. The molecule has 1 aliphatic heterocycles. The van der Waals surface area contributed by atoms with Crippen molar-refractivity contribution in [3.8, 4) is 5.75 Å². The summed E-state index contributed by atoms with van der Waals surface area (Å²) in [4.78, 5) is 38.9. The van der Waals surface area contributed by atoms with Crippen LogP contribution in [0, 0.1) is 5.92 Å². The molecule has 7 heteroatoms. The van der Waals surface area contributed by atoms with Gasteiger partial charge in [0, 0.05) is 13.1 Å². The molecule has 1 aromatic carbocycles. The Morgan fingerprint density at radius 3 is 2.74 bits per heavy atom. The summed E-state index contributed by atoms with van der Waals surface area (Å²) in [6, 6.07) is 6.09. The van der Waals surface area contributed by atoms with E-state index in [1.54, 1.807) is 24.3 Å². The topological polar surface area (TPSA) is 84.9 Å². The van der Waals surface area contributed by atoms with E-state index in [0.29, 0.717) is 50.0 Å². The molecule has 148 valence electrons. The molecule has 2 amide bonds. The zero-order valence-electron chi connectivity index (χ0n) is 16.2. The Morgan fingerprint density at radius 2 is 2.04 bits per heavy atom. The van der Waals surface area contributed by atoms with Crippen molar-refractivity contribution in [1.29, 1.82) is 0 Å². The van der Waals surface area contributed by atoms with Gasteiger partial charge in [0.15, 0.2) is 0 Å². The maximum Gasteiger partial charge on any atom is 0.308 e. The zero-order chi connectivity index (χ0) is 19.8. The van der Waals surface area contributed by atoms with Crippen molar-refractivity contribution in [2.45, 2.75) is 39.7 Å². The molecule has 1 N–H and O–H groups in total. The maximum atomic E-state index is 13.1. The summed E-state index contributed by atoms with van der Waals surface area (Å²) in [5.74, 6) is -0.355. The van der Waals surface area contributed by atoms with Crippen LogP contribution in [0.25, 0.3) is 0 Å². The highest BCUT2D eigenvalue weighted by atomic mass is 16.5. The molecule has 1 heterocycles. The molecule has 7 nitrogen and oxygen atoms in total. The van der Waals surface area contributed by atoms with E-state index in [2.05, 4.69) is 5.32 Å². The van der Waals surface area contributed by atoms with Crippen LogP contribution in [0.4, 0.5) is 0 Å². The number of carbonyl (C=O) groups excluding carboxylic acids is 3. The molecule has 0 spiro atoms. The second kappa shape index (κ2) is 9.94. The SMILES string of the molecule is CCCOC(=O)C[C@@H]1C(=O)NCCN1C(=O)c1ccccc1OCC(C)C. The van der Waals surface area contributed by atoms with Gasteiger partial charge in [-0.05, 0) is 24.5 Å². The van der Waals surface area contributed by atoms with E-state index in [9.17, 15) is 14.4 Å². The van der Waals surface area contributed by atoms with Crippen LogP contribution in [-0.2, 0) is 14.3 Å². The molecule has 0 unspecified atom stereocenters. The van der Waals surface area contributed by atoms with Gasteiger partial charge in [-0.3, -0.25) is 14.4 Å². The summed E-state index contributed by atoms with van der Waals surface area (Å²) in [6.07, 6.45) is 0.540. The molecule has 0 aromatic heterocycles. The molecule has 0 saturated carbocycles. The largest absolute Gasteiger partial charge is 0.492 e. The van der Waals surface area contributed by atoms with Gasteiger partial charge in [-0.1, -0.05) is 32.9 Å². The first-order valence-electron chi connectivity index (χ1n) is 9.40. The highest BCUT2D eigenvalue weighted by Gasteiger charge is 2.36. The third kappa shape index (κ3) is 5.70. The molecule has 0 aliphatic carbocycles. The van der Waals surface area contributed by atoms with Crippen LogP contribution < -0.4 is 10.1 Å². The Balaban J connectivity index is 2.19. The Hall–Kier alpha value is -2.57. The van der Waals surface area contributed by atoms with Gasteiger partial charge >= 0.3 is 5.97 Å². The van der Waals surface area contributed by atoms with Gasteiger partial charge < -0.3 is 19.7 Å². The van der Waals surface area contributed by atoms with Crippen molar-refractivity contribution >= 4 is 17.8 Å². The normalized spacial score (nSPS) is 16.8. The van der Waals surface area contributed by atoms with Gasteiger partial charge in [0.2, 0.25) is 5.91 Å². The smallest absolute Gasteiger partial charge is 0.308 e. The van der Waals surface area contributed by atoms with E-state index in [0.717, 1.165) is 0 Å². The average molecular weight is 376 g/mol. The van der Waals surface area contributed by atoms with Gasteiger partial charge in [-0.2, -0.15) is 0 Å². The number of para-hydroxylation sites is 1. The lowest BCUT2D eigenvalue weighted by Gasteiger charge is -2.34. The number of hydrogen-bond acceptors (Lipinski definition) is 5. The number of benzene rings is 1. The van der Waals surface area contributed by atoms with E-state index < -0.39 is 12.0 Å². The zero-order valence-corrected chi connectivity index (χ0v) is 16.2. The first kappa shape index (κ1) is 20.7. The number of nitrogens with one attached hydrogen (secondary N) is 1. The number of hydrogen-bond donors (Lipinski definition) is 1. The Morgan fingerprint density at radius 1 is 1.30 bits per heavy atom. The molecule has 1 aromatic rings. The van der Waals surface area contributed by atoms with Crippen LogP contribution in [0.3, 0.4) is 0 Å². The maximum absolute atomic E-state index is 13.1. The fourth-order valence-electron chi connectivity index (χ4n) is 2.77. The molecule has 27 heavy (non-hydrogen) atoms. The quantitative estimate of drug-likeness (QED) is 0.702. The van der Waals surface area contributed by atoms with Gasteiger partial charge in [0.05, 0.1) is 25.2 Å². The van der Waals surface area contributed by atoms with Crippen molar-refractivity contribution in [2.24, 2.45) is 5.92 Å². The molecule has 1 saturated heterocycles. The predicted octanol–water partition coefficient (Wildman–Crippen LogP) is 2.01. The Bertz CT molecular complexity index is 674. The predicted molar refractivity (Wildman–Crippen MR) is 100 cm³/mol. The lowest BCUT2D eigenvalue weighted by molar-refractivity contribution is -0.147. The Kier molecular flexibility index (Phi) is 7.64. The minimum Gasteiger partial charge on any atom is -0.492 e. The van der Waals surface area contributed by atoms with Crippen molar-refractivity contribution in [3.05, 3.63) is 29.8 Å². The van der Waals surface area contributed by atoms with Crippen molar-refractivity contribution in [2.75, 3.05) is 26.3 Å². The minimum atomic E-state index is -0.881. The molecule has 1 aliphatic rings. The molecule has 0 bridgehead atoms. The lowest BCUT2D eigenvalue weighted by atomic mass is 10.1. The molecule has 1 fully saturated rings. The first-order valence-corrected chi connectivity index (χ1v) is 9.40. The van der Waals surface area contributed by atoms with Crippen molar-refractivity contribution < 1.29 is 23.9 Å². The number of esters is 1. The number of ether oxygens (including phenoxy) is 2. The fourth-order valence-corrected chi connectivity index (χ4v) is 2.77. The van der Waals surface area contributed by atoms with E-state index in [1.807, 2.05) is 20.8 Å². The van der Waals surface area contributed by atoms with E-state index in [1.165, 1.54) is 4.90 Å². The minimum absolute atomic E-state index is 0.160. The third-order valence-corrected chi connectivity index (χ3v) is 4.11. The van der Waals surface area contributed by atoms with Gasteiger partial charge in [-0.25, -0.2) is 0 Å². The van der Waals surface area contributed by atoms with Crippen LogP contribution >= 0.6 is 0 Å². The Labute approximate surface area is 160 Å². The number of piperazine rings is 1. The van der Waals surface area contributed by atoms with Gasteiger partial charge in [-0.15, -0.1) is 0 Å². The van der Waals surface area contributed by atoms with Crippen LogP contribution in [0.1, 0.15) is 44.0 Å². The fraction of sp³-hybridized carbons (Fsp3) is 0.550. The highest BCUT2D eigenvalue weighted by molar-refractivity contribution is 6.01. The van der Waals surface area contributed by atoms with Crippen molar-refractivity contribution in [3.63, 3.8) is 0 Å². The van der Waals surface area contributed by atoms with Crippen molar-refractivity contribution in [1.82, 2.24) is 10.2 Å². The molecule has 2 rings (SSSR count). The molecular formula is C20H28N2O5. The van der Waals surface area contributed by atoms with E-state index in [4.69, 9.17) is 9.47 Å². The molecule has 1 atom stereocenters. The van der Waals surface area contributed by atoms with Gasteiger partial charge in [0.1, 0.15) is 11.8 Å². The summed E-state index contributed by atoms with van der Waals surface area (Å²) >= 11 is 0. The third-order valence-electron chi connectivity index (χ3n) is 4.11. The van der Waals surface area contributed by atoms with E-state index in [-0.39, 0.29) is 18.2 Å². The summed E-state index contributed by atoms with van der Waals surface area (Å²) in [6.45, 7) is 7.40. The van der Waals surface area contributed by atoms with Crippen LogP contribution in [-0.4, -0.2) is 55.0 Å². The monoisotopic (exact) mass is 376 g/mol. The van der Waals surface area contributed by atoms with Gasteiger partial charge in [0.25, 0.3) is 5.91 Å². The number of rotatable bonds is 8.